The van der Waals surface area contributed by atoms with Crippen molar-refractivity contribution < 1.29 is 18.7 Å². The van der Waals surface area contributed by atoms with Crippen LogP contribution in [0.25, 0.3) is 0 Å². The number of ether oxygens (including phenoxy) is 2. The lowest BCUT2D eigenvalue weighted by atomic mass is 10.1. The maximum absolute atomic E-state index is 12.9. The Morgan fingerprint density at radius 1 is 1.22 bits per heavy atom. The maximum atomic E-state index is 12.9. The number of nitrogens with zero attached hydrogens (tertiary/aromatic N) is 1. The maximum Gasteiger partial charge on any atom is 0.265 e. The van der Waals surface area contributed by atoms with Crippen molar-refractivity contribution in [3.8, 4) is 17.6 Å². The highest BCUT2D eigenvalue weighted by Crippen LogP contribution is 2.31. The number of carbonyl (C=O) groups excluding carboxylic acids is 1. The Bertz CT molecular complexity index is 755. The molecule has 1 N–H and O–H groups in total. The highest BCUT2D eigenvalue weighted by atomic mass is 19.1. The highest BCUT2D eigenvalue weighted by molar-refractivity contribution is 5.82. The van der Waals surface area contributed by atoms with Crippen LogP contribution in [0.2, 0.25) is 0 Å². The van der Waals surface area contributed by atoms with Crippen molar-refractivity contribution in [1.82, 2.24) is 5.32 Å². The Morgan fingerprint density at radius 2 is 1.91 bits per heavy atom. The van der Waals surface area contributed by atoms with Crippen LogP contribution in [0.4, 0.5) is 4.39 Å². The number of hydrogen-bond acceptors (Lipinski definition) is 4. The van der Waals surface area contributed by atoms with E-state index in [1.54, 1.807) is 18.2 Å². The summed E-state index contributed by atoms with van der Waals surface area (Å²) >= 11 is 0. The number of para-hydroxylation sites is 2. The SMILES string of the molecule is N#C[C@H](NC(=O)[C@H]1COc2ccccc2O1)c1ccc(F)cc1. The minimum atomic E-state index is -0.885. The van der Waals surface area contributed by atoms with E-state index in [2.05, 4.69) is 5.32 Å². The van der Waals surface area contributed by atoms with Gasteiger partial charge in [0.25, 0.3) is 5.91 Å². The van der Waals surface area contributed by atoms with Crippen molar-refractivity contribution in [1.29, 1.82) is 5.26 Å². The minimum Gasteiger partial charge on any atom is -0.485 e. The number of fused-ring (bicyclic) bond motifs is 1. The normalized spacial score (nSPS) is 17.0. The summed E-state index contributed by atoms with van der Waals surface area (Å²) in [7, 11) is 0. The molecule has 2 aromatic carbocycles. The van der Waals surface area contributed by atoms with Crippen molar-refractivity contribution >= 4 is 5.91 Å². The van der Waals surface area contributed by atoms with Gasteiger partial charge in [-0.25, -0.2) is 4.39 Å². The average Bonchev–Trinajstić information content (AvgIpc) is 2.60. The monoisotopic (exact) mass is 312 g/mol. The first-order valence-corrected chi connectivity index (χ1v) is 7.01. The lowest BCUT2D eigenvalue weighted by Gasteiger charge is -2.26. The number of halogens is 1. The molecule has 1 heterocycles. The molecular formula is C17H13FN2O3. The summed E-state index contributed by atoms with van der Waals surface area (Å²) in [5.74, 6) is 0.189. The molecule has 1 aliphatic rings. The van der Waals surface area contributed by atoms with E-state index in [-0.39, 0.29) is 6.61 Å². The third kappa shape index (κ3) is 3.24. The van der Waals surface area contributed by atoms with Crippen LogP contribution in [-0.4, -0.2) is 18.6 Å². The fourth-order valence-electron chi connectivity index (χ4n) is 2.23. The van der Waals surface area contributed by atoms with Gasteiger partial charge in [0, 0.05) is 0 Å². The van der Waals surface area contributed by atoms with Gasteiger partial charge in [0.15, 0.2) is 11.5 Å². The Labute approximate surface area is 132 Å². The number of rotatable bonds is 3. The van der Waals surface area contributed by atoms with Gasteiger partial charge in [0.2, 0.25) is 6.10 Å². The lowest BCUT2D eigenvalue weighted by molar-refractivity contribution is -0.130. The van der Waals surface area contributed by atoms with Crippen LogP contribution in [0.5, 0.6) is 11.5 Å². The highest BCUT2D eigenvalue weighted by Gasteiger charge is 2.29. The summed E-state index contributed by atoms with van der Waals surface area (Å²) in [5, 5.41) is 11.8. The molecule has 6 heteroatoms. The van der Waals surface area contributed by atoms with E-state index in [0.717, 1.165) is 0 Å². The van der Waals surface area contributed by atoms with Gasteiger partial charge in [0.1, 0.15) is 18.5 Å². The van der Waals surface area contributed by atoms with Gasteiger partial charge in [-0.1, -0.05) is 24.3 Å². The molecule has 2 atom stereocenters. The largest absolute Gasteiger partial charge is 0.485 e. The fraction of sp³-hybridized carbons (Fsp3) is 0.176. The number of nitrogens with one attached hydrogen (secondary N) is 1. The first-order chi connectivity index (χ1) is 11.2. The Morgan fingerprint density at radius 3 is 2.61 bits per heavy atom. The van der Waals surface area contributed by atoms with E-state index < -0.39 is 23.9 Å². The zero-order chi connectivity index (χ0) is 16.2. The Kier molecular flexibility index (Phi) is 4.11. The molecule has 0 saturated carbocycles. The van der Waals surface area contributed by atoms with E-state index in [4.69, 9.17) is 9.47 Å². The van der Waals surface area contributed by atoms with Crippen LogP contribution < -0.4 is 14.8 Å². The molecule has 0 aromatic heterocycles. The Balaban J connectivity index is 1.69. The second-order valence-corrected chi connectivity index (χ2v) is 4.99. The summed E-state index contributed by atoms with van der Waals surface area (Å²) in [5.41, 5.74) is 0.499. The van der Waals surface area contributed by atoms with Gasteiger partial charge in [-0.15, -0.1) is 0 Å². The fourth-order valence-corrected chi connectivity index (χ4v) is 2.23. The second kappa shape index (κ2) is 6.36. The molecule has 2 aromatic rings. The van der Waals surface area contributed by atoms with Gasteiger partial charge in [0.05, 0.1) is 6.07 Å². The Hall–Kier alpha value is -3.07. The van der Waals surface area contributed by atoms with Gasteiger partial charge < -0.3 is 14.8 Å². The quantitative estimate of drug-likeness (QED) is 0.944. The number of amides is 1. The molecule has 0 fully saturated rings. The summed E-state index contributed by atoms with van der Waals surface area (Å²) < 4.78 is 24.0. The molecular weight excluding hydrogens is 299 g/mol. The predicted molar refractivity (Wildman–Crippen MR) is 79.2 cm³/mol. The van der Waals surface area contributed by atoms with Crippen LogP contribution in [0.3, 0.4) is 0 Å². The van der Waals surface area contributed by atoms with Crippen LogP contribution >= 0.6 is 0 Å². The third-order valence-corrected chi connectivity index (χ3v) is 3.42. The van der Waals surface area contributed by atoms with Gasteiger partial charge >= 0.3 is 0 Å². The molecule has 3 rings (SSSR count). The number of benzene rings is 2. The number of nitriles is 1. The van der Waals surface area contributed by atoms with Crippen molar-refractivity contribution in [2.75, 3.05) is 6.61 Å². The minimum absolute atomic E-state index is 0.0599. The van der Waals surface area contributed by atoms with E-state index in [1.807, 2.05) is 12.1 Å². The lowest BCUT2D eigenvalue weighted by Crippen LogP contribution is -2.45. The predicted octanol–water partition coefficient (Wildman–Crippen LogP) is 2.35. The van der Waals surface area contributed by atoms with Crippen LogP contribution in [0.1, 0.15) is 11.6 Å². The van der Waals surface area contributed by atoms with E-state index in [0.29, 0.717) is 17.1 Å². The summed E-state index contributed by atoms with van der Waals surface area (Å²) in [4.78, 5) is 12.3. The van der Waals surface area contributed by atoms with E-state index in [9.17, 15) is 14.4 Å². The molecule has 0 unspecified atom stereocenters. The number of carbonyl (C=O) groups is 1. The molecule has 23 heavy (non-hydrogen) atoms. The van der Waals surface area contributed by atoms with Crippen molar-refractivity contribution in [2.24, 2.45) is 0 Å². The van der Waals surface area contributed by atoms with Crippen LogP contribution in [-0.2, 0) is 4.79 Å². The molecule has 0 saturated heterocycles. The molecule has 1 amide bonds. The molecule has 5 nitrogen and oxygen atoms in total. The first kappa shape index (κ1) is 14.9. The first-order valence-electron chi connectivity index (χ1n) is 7.01. The molecule has 0 spiro atoms. The molecule has 0 bridgehead atoms. The zero-order valence-corrected chi connectivity index (χ0v) is 12.0. The van der Waals surface area contributed by atoms with Crippen molar-refractivity contribution in [2.45, 2.75) is 12.1 Å². The van der Waals surface area contributed by atoms with E-state index in [1.165, 1.54) is 24.3 Å². The molecule has 1 aliphatic heterocycles. The summed E-state index contributed by atoms with van der Waals surface area (Å²) in [6.45, 7) is 0.0599. The zero-order valence-electron chi connectivity index (χ0n) is 12.0. The van der Waals surface area contributed by atoms with Gasteiger partial charge in [-0.3, -0.25) is 4.79 Å². The summed E-state index contributed by atoms with van der Waals surface area (Å²) in [6, 6.07) is 13.5. The van der Waals surface area contributed by atoms with Crippen LogP contribution in [0, 0.1) is 17.1 Å². The molecule has 0 radical (unpaired) electrons. The second-order valence-electron chi connectivity index (χ2n) is 4.99. The van der Waals surface area contributed by atoms with Crippen molar-refractivity contribution in [3.05, 3.63) is 59.9 Å². The van der Waals surface area contributed by atoms with Gasteiger partial charge in [-0.2, -0.15) is 5.26 Å². The van der Waals surface area contributed by atoms with Crippen LogP contribution in [0.15, 0.2) is 48.5 Å². The third-order valence-electron chi connectivity index (χ3n) is 3.42. The average molecular weight is 312 g/mol. The summed E-state index contributed by atoms with van der Waals surface area (Å²) in [6.07, 6.45) is -0.846. The van der Waals surface area contributed by atoms with E-state index >= 15 is 0 Å². The van der Waals surface area contributed by atoms with Gasteiger partial charge in [-0.05, 0) is 29.8 Å². The molecule has 0 aliphatic carbocycles. The smallest absolute Gasteiger partial charge is 0.265 e. The van der Waals surface area contributed by atoms with Crippen molar-refractivity contribution in [3.63, 3.8) is 0 Å². The molecule has 116 valence electrons. The topological polar surface area (TPSA) is 71.4 Å². The standard InChI is InChI=1S/C17H13FN2O3/c18-12-7-5-11(6-8-12)13(9-19)20-17(21)16-10-22-14-3-1-2-4-15(14)23-16/h1-8,13,16H,10H2,(H,20,21)/t13-,16+/m0/s1. The number of hydrogen-bond donors (Lipinski definition) is 1.